The molecule has 2 fully saturated rings. The number of aromatic nitrogens is 1. The third kappa shape index (κ3) is 5.86. The van der Waals surface area contributed by atoms with Crippen LogP contribution in [0.2, 0.25) is 0 Å². The Kier molecular flexibility index (Phi) is 8.50. The number of hydroxylamine groups is 2. The number of carboxylic acid groups (broad SMARTS) is 1. The molecule has 15 heteroatoms. The highest BCUT2D eigenvalue weighted by atomic mass is 32.1. The Balaban J connectivity index is 1.55. The average Bonchev–Trinajstić information content (AvgIpc) is 3.69. The van der Waals surface area contributed by atoms with Gasteiger partial charge < -0.3 is 20.3 Å². The summed E-state index contributed by atoms with van der Waals surface area (Å²) in [5, 5.41) is 26.1. The topological polar surface area (TPSA) is 137 Å². The third-order valence-electron chi connectivity index (χ3n) is 8.17. The van der Waals surface area contributed by atoms with Crippen LogP contribution < -0.4 is 5.32 Å². The number of aliphatic hydroxyl groups excluding tert-OH is 1. The number of esters is 1. The van der Waals surface area contributed by atoms with Crippen molar-refractivity contribution in [3.8, 4) is 0 Å². The number of likely N-dealkylation sites (tertiary alicyclic amines) is 1. The highest BCUT2D eigenvalue weighted by molar-refractivity contribution is 7.11. The van der Waals surface area contributed by atoms with Crippen LogP contribution >= 0.6 is 11.3 Å². The number of ether oxygens (including phenoxy) is 1. The average molecular weight is 639 g/mol. The maximum absolute atomic E-state index is 15.7. The summed E-state index contributed by atoms with van der Waals surface area (Å²) in [6, 6.07) is -0.611. The number of aliphatic carboxylic acids is 1. The van der Waals surface area contributed by atoms with Crippen LogP contribution in [0.3, 0.4) is 0 Å². The molecule has 0 bridgehead atoms. The molecule has 1 aromatic heterocycles. The number of alkyl halides is 2. The summed E-state index contributed by atoms with van der Waals surface area (Å²) in [6.07, 6.45) is -0.00356. The standard InChI is InChI=1S/C29H34F3N5O6S/c1-5-42-26(39)21-18(34-24(25-33-9-10-44-25)35-22(21)16-7-6-8-17(30)15(16)2)11-36-14-29(31,32)23-19(36)13-43-37(23)12-20(38)28(3,4)27(40)41/h6-10,19-20,22-23,38H,5,11-14H2,1-4H3,(H,34,35)(H,40,41)/t19-,20+,22+,23+/m1/s1/i22D. The third-order valence-corrected chi connectivity index (χ3v) is 8.95. The van der Waals surface area contributed by atoms with Crippen LogP contribution in [0.4, 0.5) is 13.2 Å². The number of aliphatic hydroxyl groups is 1. The predicted octanol–water partition coefficient (Wildman–Crippen LogP) is 2.91. The number of rotatable bonds is 10. The summed E-state index contributed by atoms with van der Waals surface area (Å²) in [5.74, 6) is -6.11. The molecule has 0 unspecified atom stereocenters. The van der Waals surface area contributed by atoms with Gasteiger partial charge in [-0.25, -0.2) is 22.9 Å². The number of carboxylic acids is 1. The first-order valence-corrected chi connectivity index (χ1v) is 14.9. The number of fused-ring (bicyclic) bond motifs is 1. The number of halogens is 3. The van der Waals surface area contributed by atoms with Gasteiger partial charge in [0.15, 0.2) is 10.8 Å². The number of nitrogens with zero attached hydrogens (tertiary/aromatic N) is 4. The number of carbonyl (C=O) groups is 2. The fourth-order valence-corrected chi connectivity index (χ4v) is 6.06. The van der Waals surface area contributed by atoms with Crippen molar-refractivity contribution in [2.24, 2.45) is 10.4 Å². The van der Waals surface area contributed by atoms with Crippen molar-refractivity contribution >= 4 is 29.1 Å². The number of amidine groups is 1. The van der Waals surface area contributed by atoms with Crippen LogP contribution in [0.5, 0.6) is 0 Å². The summed E-state index contributed by atoms with van der Waals surface area (Å²) in [4.78, 5) is 40.9. The van der Waals surface area contributed by atoms with Gasteiger partial charge in [0.25, 0.3) is 5.92 Å². The van der Waals surface area contributed by atoms with Crippen molar-refractivity contribution in [2.75, 3.05) is 32.8 Å². The van der Waals surface area contributed by atoms with Crippen molar-refractivity contribution in [3.05, 3.63) is 63.0 Å². The van der Waals surface area contributed by atoms with E-state index >= 15 is 8.78 Å². The molecule has 0 spiro atoms. The molecule has 2 saturated heterocycles. The SMILES string of the molecule is [2H][C@@]1(c2cccc(F)c2C)N=C(c2nccs2)NC(CN2CC(F)(F)[C@@H]3[C@H]2CON3C[C@H](O)C(C)(C)C(=O)O)=C1C(=O)OCC. The lowest BCUT2D eigenvalue weighted by molar-refractivity contribution is -0.202. The van der Waals surface area contributed by atoms with E-state index in [1.807, 2.05) is 0 Å². The highest BCUT2D eigenvalue weighted by Crippen LogP contribution is 2.42. The van der Waals surface area contributed by atoms with E-state index in [4.69, 9.17) is 9.57 Å². The van der Waals surface area contributed by atoms with Crippen LogP contribution in [0.1, 0.15) is 44.3 Å². The highest BCUT2D eigenvalue weighted by Gasteiger charge is 2.61. The zero-order valence-electron chi connectivity index (χ0n) is 25.5. The quantitative estimate of drug-likeness (QED) is 0.333. The predicted molar refractivity (Wildman–Crippen MR) is 154 cm³/mol. The molecule has 3 N–H and O–H groups in total. The van der Waals surface area contributed by atoms with E-state index in [0.717, 1.165) is 5.06 Å². The Morgan fingerprint density at radius 2 is 2.14 bits per heavy atom. The van der Waals surface area contributed by atoms with Crippen LogP contribution in [0.15, 0.2) is 46.0 Å². The number of aliphatic imine (C=N–C) groups is 1. The number of thiazole rings is 1. The first-order chi connectivity index (χ1) is 21.1. The molecule has 238 valence electrons. The van der Waals surface area contributed by atoms with Crippen LogP contribution in [-0.2, 0) is 19.2 Å². The Morgan fingerprint density at radius 1 is 1.39 bits per heavy atom. The van der Waals surface area contributed by atoms with Gasteiger partial charge in [0.2, 0.25) is 0 Å². The molecule has 0 radical (unpaired) electrons. The Labute approximate surface area is 257 Å². The van der Waals surface area contributed by atoms with Crippen LogP contribution in [-0.4, -0.2) is 99.9 Å². The smallest absolute Gasteiger partial charge is 0.338 e. The molecule has 44 heavy (non-hydrogen) atoms. The summed E-state index contributed by atoms with van der Waals surface area (Å²) in [5.41, 5.74) is -1.73. The minimum absolute atomic E-state index is 0.0502. The number of β-amino-alcohol motifs (C(OH)–C–C–N with tert-alkyl or cyclic N) is 1. The minimum atomic E-state index is -3.36. The maximum Gasteiger partial charge on any atom is 0.338 e. The molecule has 3 aliphatic rings. The normalized spacial score (nSPS) is 26.5. The number of hydrogen-bond donors (Lipinski definition) is 3. The monoisotopic (exact) mass is 638 g/mol. The Morgan fingerprint density at radius 3 is 2.80 bits per heavy atom. The van der Waals surface area contributed by atoms with Gasteiger partial charge in [-0.05, 0) is 44.9 Å². The molecule has 4 heterocycles. The van der Waals surface area contributed by atoms with Gasteiger partial charge in [0.05, 0.1) is 50.8 Å². The van der Waals surface area contributed by atoms with Gasteiger partial charge in [-0.2, -0.15) is 5.06 Å². The Bertz CT molecular complexity index is 1540. The molecule has 1 aromatic carbocycles. The fraction of sp³-hybridized carbons (Fsp3) is 0.517. The van der Waals surface area contributed by atoms with Gasteiger partial charge in [0, 0.05) is 23.8 Å². The molecular weight excluding hydrogens is 603 g/mol. The van der Waals surface area contributed by atoms with E-state index < -0.39 is 66.4 Å². The summed E-state index contributed by atoms with van der Waals surface area (Å²) in [6.45, 7) is 3.81. The largest absolute Gasteiger partial charge is 0.481 e. The molecular formula is C29H34F3N5O6S. The van der Waals surface area contributed by atoms with E-state index in [-0.39, 0.29) is 48.0 Å². The first kappa shape index (κ1) is 30.6. The number of benzene rings is 1. The van der Waals surface area contributed by atoms with Gasteiger partial charge in [0.1, 0.15) is 17.9 Å². The zero-order valence-corrected chi connectivity index (χ0v) is 25.3. The lowest BCUT2D eigenvalue weighted by Gasteiger charge is -2.32. The van der Waals surface area contributed by atoms with Gasteiger partial charge in [-0.1, -0.05) is 12.1 Å². The zero-order chi connectivity index (χ0) is 32.9. The number of nitrogens with one attached hydrogen (secondary N) is 1. The van der Waals surface area contributed by atoms with Gasteiger partial charge >= 0.3 is 11.9 Å². The molecule has 5 rings (SSSR count). The molecule has 2 aromatic rings. The van der Waals surface area contributed by atoms with Crippen LogP contribution in [0, 0.1) is 18.2 Å². The second-order valence-corrected chi connectivity index (χ2v) is 12.3. The van der Waals surface area contributed by atoms with Crippen molar-refractivity contribution in [1.82, 2.24) is 20.3 Å². The minimum Gasteiger partial charge on any atom is -0.481 e. The van der Waals surface area contributed by atoms with Crippen molar-refractivity contribution in [1.29, 1.82) is 0 Å². The van der Waals surface area contributed by atoms with E-state index in [1.54, 1.807) is 12.3 Å². The van der Waals surface area contributed by atoms with E-state index in [0.29, 0.717) is 5.01 Å². The fourth-order valence-electron chi connectivity index (χ4n) is 5.48. The lowest BCUT2D eigenvalue weighted by Crippen LogP contribution is -2.51. The molecule has 0 aliphatic carbocycles. The molecule has 11 nitrogen and oxygen atoms in total. The van der Waals surface area contributed by atoms with E-state index in [1.165, 1.54) is 61.4 Å². The maximum atomic E-state index is 15.7. The lowest BCUT2D eigenvalue weighted by atomic mass is 9.86. The van der Waals surface area contributed by atoms with Crippen molar-refractivity contribution < 1.29 is 43.9 Å². The molecule has 3 aliphatic heterocycles. The summed E-state index contributed by atoms with van der Waals surface area (Å²) < 4.78 is 61.0. The Hall–Kier alpha value is -3.37. The van der Waals surface area contributed by atoms with E-state index in [9.17, 15) is 25.6 Å². The van der Waals surface area contributed by atoms with Crippen LogP contribution in [0.25, 0.3) is 0 Å². The van der Waals surface area contributed by atoms with E-state index in [2.05, 4.69) is 15.3 Å². The number of hydrogen-bond acceptors (Lipinski definition) is 11. The van der Waals surface area contributed by atoms with Crippen molar-refractivity contribution in [3.63, 3.8) is 0 Å². The molecule has 0 saturated carbocycles. The first-order valence-electron chi connectivity index (χ1n) is 14.5. The summed E-state index contributed by atoms with van der Waals surface area (Å²) >= 11 is 1.20. The summed E-state index contributed by atoms with van der Waals surface area (Å²) in [7, 11) is 0. The second-order valence-electron chi connectivity index (χ2n) is 11.4. The molecule has 4 atom stereocenters. The molecule has 0 amide bonds. The van der Waals surface area contributed by atoms with Gasteiger partial charge in [-0.3, -0.25) is 19.5 Å². The van der Waals surface area contributed by atoms with Gasteiger partial charge in [-0.15, -0.1) is 11.3 Å². The second kappa shape index (κ2) is 12.2. The number of carbonyl (C=O) groups excluding carboxylic acids is 1. The van der Waals surface area contributed by atoms with Crippen molar-refractivity contribution in [2.45, 2.75) is 57.8 Å².